The molecule has 0 bridgehead atoms. The molecule has 0 spiro atoms. The lowest BCUT2D eigenvalue weighted by molar-refractivity contribution is -0.129. The molecule has 1 N–H and O–H groups in total. The number of anilines is 1. The second-order valence-electron chi connectivity index (χ2n) is 5.98. The molecule has 0 aliphatic carbocycles. The second-order valence-corrected chi connectivity index (χ2v) is 7.01. The van der Waals surface area contributed by atoms with Gasteiger partial charge in [-0.2, -0.15) is 0 Å². The van der Waals surface area contributed by atoms with Crippen molar-refractivity contribution in [3.63, 3.8) is 0 Å². The highest BCUT2D eigenvalue weighted by Gasteiger charge is 2.39. The molecule has 122 valence electrons. The van der Waals surface area contributed by atoms with Gasteiger partial charge in [-0.1, -0.05) is 17.4 Å². The van der Waals surface area contributed by atoms with Crippen LogP contribution in [0, 0.1) is 5.82 Å². The number of halogens is 1. The van der Waals surface area contributed by atoms with Crippen molar-refractivity contribution in [2.45, 2.75) is 31.3 Å². The fourth-order valence-corrected chi connectivity index (χ4v) is 4.18. The SMILES string of the molecule is O=C(Nc1nc2c(F)cccc2s1)[C@@H]1CCN1C1CCOCC1. The van der Waals surface area contributed by atoms with Gasteiger partial charge in [0.05, 0.1) is 10.7 Å². The van der Waals surface area contributed by atoms with Crippen LogP contribution in [-0.2, 0) is 9.53 Å². The maximum atomic E-state index is 13.7. The summed E-state index contributed by atoms with van der Waals surface area (Å²) < 4.78 is 19.8. The average molecular weight is 335 g/mol. The zero-order chi connectivity index (χ0) is 15.8. The number of hydrogen-bond donors (Lipinski definition) is 1. The van der Waals surface area contributed by atoms with Crippen molar-refractivity contribution in [2.24, 2.45) is 0 Å². The van der Waals surface area contributed by atoms with Gasteiger partial charge >= 0.3 is 0 Å². The number of likely N-dealkylation sites (tertiary alicyclic amines) is 1. The molecule has 2 aromatic rings. The number of para-hydroxylation sites is 1. The molecule has 0 unspecified atom stereocenters. The first kappa shape index (κ1) is 15.0. The van der Waals surface area contributed by atoms with Crippen LogP contribution in [0.5, 0.6) is 0 Å². The van der Waals surface area contributed by atoms with Gasteiger partial charge in [-0.3, -0.25) is 9.69 Å². The summed E-state index contributed by atoms with van der Waals surface area (Å²) in [5.41, 5.74) is 0.322. The predicted octanol–water partition coefficient (Wildman–Crippen LogP) is 2.63. The van der Waals surface area contributed by atoms with E-state index in [4.69, 9.17) is 4.74 Å². The summed E-state index contributed by atoms with van der Waals surface area (Å²) in [5, 5.41) is 3.33. The molecule has 2 saturated heterocycles. The van der Waals surface area contributed by atoms with Crippen LogP contribution < -0.4 is 5.32 Å². The Morgan fingerprint density at radius 1 is 1.35 bits per heavy atom. The van der Waals surface area contributed by atoms with Crippen molar-refractivity contribution in [1.82, 2.24) is 9.88 Å². The Hall–Kier alpha value is -1.57. The standard InChI is InChI=1S/C16H18FN3O2S/c17-11-2-1-3-13-14(11)18-16(23-13)19-15(21)12-4-7-20(12)10-5-8-22-9-6-10/h1-3,10,12H,4-9H2,(H,18,19,21)/t12-/m0/s1. The summed E-state index contributed by atoms with van der Waals surface area (Å²) in [7, 11) is 0. The molecule has 0 radical (unpaired) electrons. The van der Waals surface area contributed by atoms with E-state index in [-0.39, 0.29) is 17.8 Å². The van der Waals surface area contributed by atoms with E-state index >= 15 is 0 Å². The van der Waals surface area contributed by atoms with Gasteiger partial charge in [-0.15, -0.1) is 0 Å². The number of aromatic nitrogens is 1. The van der Waals surface area contributed by atoms with E-state index in [1.807, 2.05) is 6.07 Å². The highest BCUT2D eigenvalue weighted by molar-refractivity contribution is 7.22. The van der Waals surface area contributed by atoms with E-state index in [0.29, 0.717) is 16.7 Å². The summed E-state index contributed by atoms with van der Waals surface area (Å²) in [5.74, 6) is -0.395. The summed E-state index contributed by atoms with van der Waals surface area (Å²) in [6.07, 6.45) is 2.83. The minimum atomic E-state index is -0.355. The van der Waals surface area contributed by atoms with Gasteiger partial charge in [0.25, 0.3) is 0 Å². The van der Waals surface area contributed by atoms with Gasteiger partial charge in [0, 0.05) is 25.8 Å². The Labute approximate surface area is 137 Å². The molecular weight excluding hydrogens is 317 g/mol. The van der Waals surface area contributed by atoms with Crippen LogP contribution in [0.1, 0.15) is 19.3 Å². The molecule has 0 saturated carbocycles. The fourth-order valence-electron chi connectivity index (χ4n) is 3.30. The van der Waals surface area contributed by atoms with Crippen molar-refractivity contribution in [2.75, 3.05) is 25.1 Å². The summed E-state index contributed by atoms with van der Waals surface area (Å²) >= 11 is 1.31. The van der Waals surface area contributed by atoms with Crippen molar-refractivity contribution >= 4 is 32.6 Å². The second kappa shape index (κ2) is 6.14. The molecule has 2 aliphatic heterocycles. The van der Waals surface area contributed by atoms with E-state index in [1.54, 1.807) is 6.07 Å². The molecule has 1 amide bonds. The maximum Gasteiger partial charge on any atom is 0.243 e. The van der Waals surface area contributed by atoms with Gasteiger partial charge in [0.1, 0.15) is 11.3 Å². The lowest BCUT2D eigenvalue weighted by Crippen LogP contribution is -2.59. The Morgan fingerprint density at radius 3 is 2.87 bits per heavy atom. The Morgan fingerprint density at radius 2 is 2.17 bits per heavy atom. The summed E-state index contributed by atoms with van der Waals surface area (Å²) in [4.78, 5) is 19.0. The fraction of sp³-hybridized carbons (Fsp3) is 0.500. The van der Waals surface area contributed by atoms with Crippen molar-refractivity contribution in [3.05, 3.63) is 24.0 Å². The molecule has 2 fully saturated rings. The lowest BCUT2D eigenvalue weighted by Gasteiger charge is -2.46. The Bertz CT molecular complexity index is 729. The highest BCUT2D eigenvalue weighted by atomic mass is 32.1. The van der Waals surface area contributed by atoms with Gasteiger partial charge in [-0.05, 0) is 31.4 Å². The third-order valence-electron chi connectivity index (χ3n) is 4.62. The Kier molecular flexibility index (Phi) is 4.00. The van der Waals surface area contributed by atoms with E-state index in [2.05, 4.69) is 15.2 Å². The molecule has 1 atom stereocenters. The summed E-state index contributed by atoms with van der Waals surface area (Å²) in [6.45, 7) is 2.50. The summed E-state index contributed by atoms with van der Waals surface area (Å²) in [6, 6.07) is 5.17. The van der Waals surface area contributed by atoms with E-state index in [0.717, 1.165) is 43.7 Å². The van der Waals surface area contributed by atoms with Crippen LogP contribution in [0.4, 0.5) is 9.52 Å². The monoisotopic (exact) mass is 335 g/mol. The number of amides is 1. The van der Waals surface area contributed by atoms with Crippen molar-refractivity contribution in [1.29, 1.82) is 0 Å². The molecule has 2 aliphatic rings. The van der Waals surface area contributed by atoms with Gasteiger partial charge in [-0.25, -0.2) is 9.37 Å². The van der Waals surface area contributed by atoms with Gasteiger partial charge in [0.2, 0.25) is 5.91 Å². The number of nitrogens with one attached hydrogen (secondary N) is 1. The topological polar surface area (TPSA) is 54.5 Å². The van der Waals surface area contributed by atoms with Crippen LogP contribution in [0.3, 0.4) is 0 Å². The number of thiazole rings is 1. The van der Waals surface area contributed by atoms with Gasteiger partial charge < -0.3 is 10.1 Å². The third-order valence-corrected chi connectivity index (χ3v) is 5.56. The zero-order valence-corrected chi connectivity index (χ0v) is 13.4. The van der Waals surface area contributed by atoms with Crippen molar-refractivity contribution in [3.8, 4) is 0 Å². The zero-order valence-electron chi connectivity index (χ0n) is 12.6. The molecule has 4 rings (SSSR count). The third kappa shape index (κ3) is 2.84. The van der Waals surface area contributed by atoms with Crippen LogP contribution in [-0.4, -0.2) is 47.6 Å². The molecule has 1 aromatic heterocycles. The molecule has 1 aromatic carbocycles. The molecule has 3 heterocycles. The first-order valence-electron chi connectivity index (χ1n) is 7.92. The molecule has 23 heavy (non-hydrogen) atoms. The first-order valence-corrected chi connectivity index (χ1v) is 8.73. The van der Waals surface area contributed by atoms with Crippen molar-refractivity contribution < 1.29 is 13.9 Å². The number of ether oxygens (including phenoxy) is 1. The number of fused-ring (bicyclic) bond motifs is 1. The van der Waals surface area contributed by atoms with E-state index in [9.17, 15) is 9.18 Å². The van der Waals surface area contributed by atoms with E-state index in [1.165, 1.54) is 17.4 Å². The maximum absolute atomic E-state index is 13.7. The lowest BCUT2D eigenvalue weighted by atomic mass is 9.95. The number of hydrogen-bond acceptors (Lipinski definition) is 5. The minimum absolute atomic E-state index is 0.0396. The predicted molar refractivity (Wildman–Crippen MR) is 87.2 cm³/mol. The van der Waals surface area contributed by atoms with Crippen LogP contribution in [0.15, 0.2) is 18.2 Å². The molecule has 7 heteroatoms. The van der Waals surface area contributed by atoms with Crippen LogP contribution in [0.2, 0.25) is 0 Å². The number of carbonyl (C=O) groups excluding carboxylic acids is 1. The number of carbonyl (C=O) groups is 1. The largest absolute Gasteiger partial charge is 0.381 e. The number of rotatable bonds is 3. The van der Waals surface area contributed by atoms with E-state index < -0.39 is 0 Å². The first-order chi connectivity index (χ1) is 11.2. The highest BCUT2D eigenvalue weighted by Crippen LogP contribution is 2.30. The molecule has 5 nitrogen and oxygen atoms in total. The quantitative estimate of drug-likeness (QED) is 0.937. The van der Waals surface area contributed by atoms with Gasteiger partial charge in [0.15, 0.2) is 5.13 Å². The molecular formula is C16H18FN3O2S. The number of benzene rings is 1. The van der Waals surface area contributed by atoms with Crippen LogP contribution in [0.25, 0.3) is 10.2 Å². The minimum Gasteiger partial charge on any atom is -0.381 e. The normalized spacial score (nSPS) is 22.9. The average Bonchev–Trinajstić information content (AvgIpc) is 2.91. The van der Waals surface area contributed by atoms with Crippen LogP contribution >= 0.6 is 11.3 Å². The number of nitrogens with zero attached hydrogens (tertiary/aromatic N) is 2. The Balaban J connectivity index is 1.45. The smallest absolute Gasteiger partial charge is 0.243 e.